The van der Waals surface area contributed by atoms with Crippen molar-refractivity contribution < 1.29 is 9.53 Å². The van der Waals surface area contributed by atoms with Gasteiger partial charge in [0.1, 0.15) is 5.75 Å². The van der Waals surface area contributed by atoms with Crippen molar-refractivity contribution >= 4 is 17.3 Å². The number of hydrogen-bond acceptors (Lipinski definition) is 3. The second-order valence-electron chi connectivity index (χ2n) is 6.41. The molecule has 1 aliphatic heterocycles. The number of nitrogens with two attached hydrogens (primary N) is 1. The van der Waals surface area contributed by atoms with Crippen LogP contribution in [0.15, 0.2) is 42.5 Å². The van der Waals surface area contributed by atoms with E-state index >= 15 is 0 Å². The third-order valence-corrected chi connectivity index (χ3v) is 4.82. The predicted octanol–water partition coefficient (Wildman–Crippen LogP) is 4.06. The summed E-state index contributed by atoms with van der Waals surface area (Å²) in [4.78, 5) is 15.0. The average Bonchev–Trinajstić information content (AvgIpc) is 2.59. The lowest BCUT2D eigenvalue weighted by molar-refractivity contribution is -0.136. The van der Waals surface area contributed by atoms with Crippen LogP contribution in [0.4, 0.5) is 11.4 Å². The fourth-order valence-corrected chi connectivity index (χ4v) is 3.17. The van der Waals surface area contributed by atoms with Gasteiger partial charge in [-0.3, -0.25) is 4.79 Å². The monoisotopic (exact) mass is 324 g/mol. The van der Waals surface area contributed by atoms with E-state index in [0.29, 0.717) is 30.8 Å². The zero-order chi connectivity index (χ0) is 17.3. The Morgan fingerprint density at radius 2 is 1.75 bits per heavy atom. The zero-order valence-corrected chi connectivity index (χ0v) is 14.5. The van der Waals surface area contributed by atoms with E-state index in [2.05, 4.69) is 31.2 Å². The zero-order valence-electron chi connectivity index (χ0n) is 14.5. The average molecular weight is 324 g/mol. The number of carbonyl (C=O) groups is 1. The SMILES string of the molecule is CCC1(CC)Oc2cc(N)ccc2N(Cc2ccc(C)cc2)C1=O. The third kappa shape index (κ3) is 2.73. The van der Waals surface area contributed by atoms with Gasteiger partial charge in [-0.15, -0.1) is 0 Å². The number of carbonyl (C=O) groups excluding carboxylic acids is 1. The Morgan fingerprint density at radius 3 is 2.38 bits per heavy atom. The third-order valence-electron chi connectivity index (χ3n) is 4.82. The smallest absolute Gasteiger partial charge is 0.271 e. The number of ether oxygens (including phenoxy) is 1. The molecule has 4 nitrogen and oxygen atoms in total. The highest BCUT2D eigenvalue weighted by atomic mass is 16.5. The summed E-state index contributed by atoms with van der Waals surface area (Å²) < 4.78 is 6.13. The van der Waals surface area contributed by atoms with Crippen LogP contribution in [-0.2, 0) is 11.3 Å². The first-order valence-electron chi connectivity index (χ1n) is 8.45. The first-order valence-corrected chi connectivity index (χ1v) is 8.45. The molecule has 0 aromatic heterocycles. The Labute approximate surface area is 143 Å². The Kier molecular flexibility index (Phi) is 4.22. The van der Waals surface area contributed by atoms with Crippen molar-refractivity contribution in [2.75, 3.05) is 10.6 Å². The number of nitrogen functional groups attached to an aromatic ring is 1. The van der Waals surface area contributed by atoms with Crippen LogP contribution < -0.4 is 15.4 Å². The lowest BCUT2D eigenvalue weighted by Gasteiger charge is -2.42. The van der Waals surface area contributed by atoms with Gasteiger partial charge in [0.25, 0.3) is 5.91 Å². The predicted molar refractivity (Wildman–Crippen MR) is 97.2 cm³/mol. The van der Waals surface area contributed by atoms with E-state index in [-0.39, 0.29) is 5.91 Å². The molecule has 0 aliphatic carbocycles. The molecular weight excluding hydrogens is 300 g/mol. The molecule has 0 fully saturated rings. The summed E-state index contributed by atoms with van der Waals surface area (Å²) in [5, 5.41) is 0. The highest BCUT2D eigenvalue weighted by molar-refractivity contribution is 6.03. The van der Waals surface area contributed by atoms with E-state index < -0.39 is 5.60 Å². The van der Waals surface area contributed by atoms with Gasteiger partial charge in [0.05, 0.1) is 12.2 Å². The van der Waals surface area contributed by atoms with Crippen LogP contribution in [0, 0.1) is 6.92 Å². The minimum Gasteiger partial charge on any atom is -0.475 e. The number of hydrogen-bond donors (Lipinski definition) is 1. The van der Waals surface area contributed by atoms with Gasteiger partial charge in [-0.1, -0.05) is 43.7 Å². The second-order valence-corrected chi connectivity index (χ2v) is 6.41. The van der Waals surface area contributed by atoms with Crippen molar-refractivity contribution in [3.05, 3.63) is 53.6 Å². The van der Waals surface area contributed by atoms with E-state index in [1.165, 1.54) is 5.56 Å². The quantitative estimate of drug-likeness (QED) is 0.863. The van der Waals surface area contributed by atoms with Gasteiger partial charge in [0.15, 0.2) is 5.60 Å². The maximum atomic E-state index is 13.2. The van der Waals surface area contributed by atoms with Crippen LogP contribution >= 0.6 is 0 Å². The van der Waals surface area contributed by atoms with Crippen LogP contribution in [0.5, 0.6) is 5.75 Å². The van der Waals surface area contributed by atoms with Crippen molar-refractivity contribution in [1.82, 2.24) is 0 Å². The highest BCUT2D eigenvalue weighted by Crippen LogP contribution is 2.42. The van der Waals surface area contributed by atoms with Crippen molar-refractivity contribution in [2.24, 2.45) is 0 Å². The Hall–Kier alpha value is -2.49. The maximum absolute atomic E-state index is 13.2. The van der Waals surface area contributed by atoms with Gasteiger partial charge in [-0.05, 0) is 37.5 Å². The largest absolute Gasteiger partial charge is 0.475 e. The Balaban J connectivity index is 2.05. The fourth-order valence-electron chi connectivity index (χ4n) is 3.17. The van der Waals surface area contributed by atoms with Gasteiger partial charge in [-0.2, -0.15) is 0 Å². The molecule has 24 heavy (non-hydrogen) atoms. The molecule has 2 aromatic rings. The van der Waals surface area contributed by atoms with E-state index in [0.717, 1.165) is 11.3 Å². The summed E-state index contributed by atoms with van der Waals surface area (Å²) in [6.07, 6.45) is 1.25. The molecule has 2 aromatic carbocycles. The fraction of sp³-hybridized carbons (Fsp3) is 0.350. The highest BCUT2D eigenvalue weighted by Gasteiger charge is 2.45. The van der Waals surface area contributed by atoms with Gasteiger partial charge in [0.2, 0.25) is 0 Å². The van der Waals surface area contributed by atoms with Crippen LogP contribution in [0.1, 0.15) is 37.8 Å². The molecule has 0 atom stereocenters. The number of aryl methyl sites for hydroxylation is 1. The number of fused-ring (bicyclic) bond motifs is 1. The second kappa shape index (κ2) is 6.19. The summed E-state index contributed by atoms with van der Waals surface area (Å²) >= 11 is 0. The van der Waals surface area contributed by atoms with Gasteiger partial charge < -0.3 is 15.4 Å². The first-order chi connectivity index (χ1) is 11.5. The molecule has 1 heterocycles. The molecule has 0 bridgehead atoms. The Bertz CT molecular complexity index is 749. The number of amides is 1. The molecule has 3 rings (SSSR count). The lowest BCUT2D eigenvalue weighted by Crippen LogP contribution is -2.55. The van der Waals surface area contributed by atoms with Crippen molar-refractivity contribution in [2.45, 2.75) is 45.8 Å². The molecule has 2 N–H and O–H groups in total. The van der Waals surface area contributed by atoms with Gasteiger partial charge in [0, 0.05) is 11.8 Å². The topological polar surface area (TPSA) is 55.6 Å². The van der Waals surface area contributed by atoms with Gasteiger partial charge >= 0.3 is 0 Å². The first kappa shape index (κ1) is 16.4. The van der Waals surface area contributed by atoms with E-state index in [9.17, 15) is 4.79 Å². The molecule has 0 unspecified atom stereocenters. The molecule has 1 amide bonds. The van der Waals surface area contributed by atoms with Crippen molar-refractivity contribution in [1.29, 1.82) is 0 Å². The maximum Gasteiger partial charge on any atom is 0.271 e. The normalized spacial score (nSPS) is 15.8. The molecule has 126 valence electrons. The number of rotatable bonds is 4. The standard InChI is InChI=1S/C20H24N2O2/c1-4-20(5-2)19(23)22(13-15-8-6-14(3)7-9-15)17-11-10-16(21)12-18(17)24-20/h6-12H,4-5,13,21H2,1-3H3. The molecular formula is C20H24N2O2. The molecule has 0 saturated heterocycles. The lowest BCUT2D eigenvalue weighted by atomic mass is 9.92. The molecule has 4 heteroatoms. The van der Waals surface area contributed by atoms with Crippen LogP contribution in [-0.4, -0.2) is 11.5 Å². The number of anilines is 2. The van der Waals surface area contributed by atoms with Crippen LogP contribution in [0.3, 0.4) is 0 Å². The molecule has 1 aliphatic rings. The Morgan fingerprint density at radius 1 is 1.08 bits per heavy atom. The number of benzene rings is 2. The number of nitrogens with zero attached hydrogens (tertiary/aromatic N) is 1. The van der Waals surface area contributed by atoms with E-state index in [1.807, 2.05) is 36.9 Å². The molecule has 0 spiro atoms. The van der Waals surface area contributed by atoms with Crippen LogP contribution in [0.25, 0.3) is 0 Å². The van der Waals surface area contributed by atoms with Gasteiger partial charge in [-0.25, -0.2) is 0 Å². The molecule has 0 radical (unpaired) electrons. The summed E-state index contributed by atoms with van der Waals surface area (Å²) in [7, 11) is 0. The minimum absolute atomic E-state index is 0.0188. The van der Waals surface area contributed by atoms with Crippen molar-refractivity contribution in [3.63, 3.8) is 0 Å². The van der Waals surface area contributed by atoms with E-state index in [4.69, 9.17) is 10.5 Å². The summed E-state index contributed by atoms with van der Waals surface area (Å²) in [6, 6.07) is 13.7. The molecule has 0 saturated carbocycles. The summed E-state index contributed by atoms with van der Waals surface area (Å²) in [5.41, 5.74) is 8.83. The van der Waals surface area contributed by atoms with Crippen LogP contribution in [0.2, 0.25) is 0 Å². The van der Waals surface area contributed by atoms with E-state index in [1.54, 1.807) is 0 Å². The van der Waals surface area contributed by atoms with Crippen molar-refractivity contribution in [3.8, 4) is 5.75 Å². The minimum atomic E-state index is -0.814. The summed E-state index contributed by atoms with van der Waals surface area (Å²) in [6.45, 7) is 6.56. The summed E-state index contributed by atoms with van der Waals surface area (Å²) in [5.74, 6) is 0.704.